The fourth-order valence-electron chi connectivity index (χ4n) is 8.66. The Bertz CT molecular complexity index is 2850. The van der Waals surface area contributed by atoms with Gasteiger partial charge in [0, 0.05) is 33.8 Å². The van der Waals surface area contributed by atoms with Gasteiger partial charge in [0.15, 0.2) is 0 Å². The Labute approximate surface area is 340 Å². The molecule has 0 saturated carbocycles. The monoisotopic (exact) mass is 742 g/mol. The molecule has 1 aliphatic rings. The zero-order chi connectivity index (χ0) is 38.7. The zero-order valence-electron chi connectivity index (χ0n) is 32.1. The second-order valence-electron chi connectivity index (χ2n) is 14.9. The van der Waals surface area contributed by atoms with Gasteiger partial charge in [0.25, 0.3) is 0 Å². The Kier molecular flexibility index (Phi) is 9.21. The Hall–Kier alpha value is -7.42. The van der Waals surface area contributed by atoms with E-state index in [1.54, 1.807) is 0 Å². The molecule has 0 saturated heterocycles. The van der Waals surface area contributed by atoms with Crippen LogP contribution >= 0.6 is 0 Å². The third-order valence-electron chi connectivity index (χ3n) is 11.5. The van der Waals surface area contributed by atoms with Crippen molar-refractivity contribution in [2.75, 3.05) is 9.80 Å². The fourth-order valence-corrected chi connectivity index (χ4v) is 8.66. The number of allylic oxidation sites excluding steroid dienone is 2. The number of benzene rings is 9. The number of nitrogens with zero attached hydrogens (tertiary/aromatic N) is 2. The van der Waals surface area contributed by atoms with Gasteiger partial charge < -0.3 is 9.80 Å². The summed E-state index contributed by atoms with van der Waals surface area (Å²) in [6, 6.07) is 80.8. The van der Waals surface area contributed by atoms with Crippen molar-refractivity contribution in [2.45, 2.75) is 11.5 Å². The fraction of sp³-hybridized carbons (Fsp3) is 0.0357. The normalized spacial score (nSPS) is 16.0. The Morgan fingerprint density at radius 2 is 0.793 bits per heavy atom. The first-order chi connectivity index (χ1) is 28.7. The lowest BCUT2D eigenvalue weighted by atomic mass is 9.79. The highest BCUT2D eigenvalue weighted by molar-refractivity contribution is 5.99. The van der Waals surface area contributed by atoms with E-state index in [9.17, 15) is 0 Å². The number of anilines is 5. The predicted molar refractivity (Wildman–Crippen MR) is 246 cm³/mol. The number of para-hydroxylation sites is 2. The molecule has 0 fully saturated rings. The maximum atomic E-state index is 2.50. The molecular weight excluding hydrogens is 701 g/mol. The highest BCUT2D eigenvalue weighted by Gasteiger charge is 2.38. The van der Waals surface area contributed by atoms with Crippen LogP contribution < -0.4 is 9.80 Å². The molecule has 2 heteroatoms. The van der Waals surface area contributed by atoms with Gasteiger partial charge in [-0.1, -0.05) is 200 Å². The van der Waals surface area contributed by atoms with Gasteiger partial charge in [-0.05, 0) is 81.6 Å². The van der Waals surface area contributed by atoms with E-state index < -0.39 is 5.54 Å². The SMILES string of the molecule is C1=CC(c2ccccc2)(N(c2ccccc2)c2cccc3ccccc23)C=CC1c1ccc(-c2ccc(N(c3ccccc3)c3cccc4ccccc34)cc2)cc1. The van der Waals surface area contributed by atoms with E-state index in [0.717, 1.165) is 22.7 Å². The molecule has 9 aromatic carbocycles. The maximum Gasteiger partial charge on any atom is 0.107 e. The average molecular weight is 743 g/mol. The summed E-state index contributed by atoms with van der Waals surface area (Å²) in [6.45, 7) is 0. The summed E-state index contributed by atoms with van der Waals surface area (Å²) in [5, 5.41) is 4.89. The van der Waals surface area contributed by atoms with Crippen LogP contribution in [0.2, 0.25) is 0 Å². The summed E-state index contributed by atoms with van der Waals surface area (Å²) >= 11 is 0. The Balaban J connectivity index is 0.972. The van der Waals surface area contributed by atoms with Crippen molar-refractivity contribution in [2.24, 2.45) is 0 Å². The molecule has 1 aliphatic carbocycles. The lowest BCUT2D eigenvalue weighted by Crippen LogP contribution is -2.41. The van der Waals surface area contributed by atoms with Gasteiger partial charge in [-0.25, -0.2) is 0 Å². The number of hydrogen-bond acceptors (Lipinski definition) is 2. The summed E-state index contributed by atoms with van der Waals surface area (Å²) < 4.78 is 0. The molecule has 0 N–H and O–H groups in total. The summed E-state index contributed by atoms with van der Waals surface area (Å²) in [5.41, 5.74) is 10.0. The first-order valence-electron chi connectivity index (χ1n) is 20.1. The van der Waals surface area contributed by atoms with Crippen molar-refractivity contribution in [3.63, 3.8) is 0 Å². The van der Waals surface area contributed by atoms with Crippen LogP contribution in [0.4, 0.5) is 28.4 Å². The van der Waals surface area contributed by atoms with Crippen LogP contribution in [0.5, 0.6) is 0 Å². The quantitative estimate of drug-likeness (QED) is 0.136. The number of rotatable bonds is 9. The molecular formula is C56H42N2. The minimum absolute atomic E-state index is 0.138. The predicted octanol–water partition coefficient (Wildman–Crippen LogP) is 15.1. The number of fused-ring (bicyclic) bond motifs is 2. The molecule has 0 aromatic heterocycles. The van der Waals surface area contributed by atoms with Crippen LogP contribution in [-0.4, -0.2) is 0 Å². The largest absolute Gasteiger partial charge is 0.324 e. The van der Waals surface area contributed by atoms with Crippen molar-refractivity contribution in [3.8, 4) is 11.1 Å². The van der Waals surface area contributed by atoms with Gasteiger partial charge in [0.2, 0.25) is 0 Å². The lowest BCUT2D eigenvalue weighted by molar-refractivity contribution is 0.663. The van der Waals surface area contributed by atoms with Crippen molar-refractivity contribution >= 4 is 50.0 Å². The van der Waals surface area contributed by atoms with Crippen LogP contribution in [0.1, 0.15) is 17.0 Å². The van der Waals surface area contributed by atoms with Crippen LogP contribution in [0.15, 0.2) is 249 Å². The topological polar surface area (TPSA) is 6.48 Å². The summed E-state index contributed by atoms with van der Waals surface area (Å²) in [5.74, 6) is 0.138. The molecule has 0 unspecified atom stereocenters. The van der Waals surface area contributed by atoms with E-state index in [-0.39, 0.29) is 5.92 Å². The Morgan fingerprint density at radius 1 is 0.345 bits per heavy atom. The molecule has 0 heterocycles. The second-order valence-corrected chi connectivity index (χ2v) is 14.9. The summed E-state index contributed by atoms with van der Waals surface area (Å²) in [4.78, 5) is 4.85. The molecule has 0 atom stereocenters. The van der Waals surface area contributed by atoms with E-state index in [4.69, 9.17) is 0 Å². The van der Waals surface area contributed by atoms with Crippen LogP contribution in [-0.2, 0) is 5.54 Å². The van der Waals surface area contributed by atoms with E-state index >= 15 is 0 Å². The third kappa shape index (κ3) is 6.45. The molecule has 0 spiro atoms. The van der Waals surface area contributed by atoms with Crippen LogP contribution in [0.3, 0.4) is 0 Å². The van der Waals surface area contributed by atoms with Gasteiger partial charge in [0.1, 0.15) is 5.54 Å². The molecule has 0 radical (unpaired) electrons. The van der Waals surface area contributed by atoms with Crippen molar-refractivity contribution in [1.29, 1.82) is 0 Å². The van der Waals surface area contributed by atoms with E-state index in [0.29, 0.717) is 0 Å². The van der Waals surface area contributed by atoms with Crippen molar-refractivity contribution in [1.82, 2.24) is 0 Å². The zero-order valence-corrected chi connectivity index (χ0v) is 32.1. The highest BCUT2D eigenvalue weighted by atomic mass is 15.2. The molecule has 0 amide bonds. The minimum atomic E-state index is -0.551. The molecule has 2 nitrogen and oxygen atoms in total. The molecule has 10 rings (SSSR count). The van der Waals surface area contributed by atoms with Gasteiger partial charge in [0.05, 0.1) is 11.4 Å². The highest BCUT2D eigenvalue weighted by Crippen LogP contribution is 2.47. The molecule has 276 valence electrons. The first kappa shape index (κ1) is 35.0. The maximum absolute atomic E-state index is 2.50. The van der Waals surface area contributed by atoms with Gasteiger partial charge in [-0.15, -0.1) is 0 Å². The molecule has 0 aliphatic heterocycles. The second kappa shape index (κ2) is 15.3. The van der Waals surface area contributed by atoms with E-state index in [1.807, 2.05) is 0 Å². The first-order valence-corrected chi connectivity index (χ1v) is 20.1. The van der Waals surface area contributed by atoms with Gasteiger partial charge in [-0.2, -0.15) is 0 Å². The molecule has 58 heavy (non-hydrogen) atoms. The van der Waals surface area contributed by atoms with E-state index in [2.05, 4.69) is 259 Å². The summed E-state index contributed by atoms with van der Waals surface area (Å²) in [6.07, 6.45) is 9.57. The minimum Gasteiger partial charge on any atom is -0.324 e. The van der Waals surface area contributed by atoms with E-state index in [1.165, 1.54) is 49.5 Å². The standard InChI is InChI=1S/C56H42N2/c1-4-20-48(21-5-1)56(58(51-24-8-3-9-25-51)55-29-15-19-47-17-11-13-27-53(47)55)40-38-45(39-41-56)43-32-30-42(31-33-43)44-34-36-50(37-35-44)57(49-22-6-2-7-23-49)54-28-14-18-46-16-10-12-26-52(46)54/h1-41,45H. The van der Waals surface area contributed by atoms with Crippen LogP contribution in [0, 0.1) is 0 Å². The average Bonchev–Trinajstić information content (AvgIpc) is 3.31. The van der Waals surface area contributed by atoms with Crippen molar-refractivity contribution in [3.05, 3.63) is 260 Å². The lowest BCUT2D eigenvalue weighted by Gasteiger charge is -2.44. The van der Waals surface area contributed by atoms with Gasteiger partial charge >= 0.3 is 0 Å². The van der Waals surface area contributed by atoms with Gasteiger partial charge in [-0.3, -0.25) is 0 Å². The molecule has 9 aromatic rings. The van der Waals surface area contributed by atoms with Crippen LogP contribution in [0.25, 0.3) is 32.7 Å². The smallest absolute Gasteiger partial charge is 0.107 e. The Morgan fingerprint density at radius 3 is 1.40 bits per heavy atom. The third-order valence-corrected chi connectivity index (χ3v) is 11.5. The number of hydrogen-bond donors (Lipinski definition) is 0. The van der Waals surface area contributed by atoms with Crippen molar-refractivity contribution < 1.29 is 0 Å². The summed E-state index contributed by atoms with van der Waals surface area (Å²) in [7, 11) is 0. The molecule has 0 bridgehead atoms.